The highest BCUT2D eigenvalue weighted by molar-refractivity contribution is 5.79. The normalized spacial score (nSPS) is 16.4. The first-order chi connectivity index (χ1) is 15.2. The molecular weight excluding hydrogens is 394 g/mol. The smallest absolute Gasteiger partial charge is 0.295 e. The minimum absolute atomic E-state index is 0.00573. The zero-order chi connectivity index (χ0) is 21.6. The summed E-state index contributed by atoms with van der Waals surface area (Å²) in [6.45, 7) is 2.54. The van der Waals surface area contributed by atoms with E-state index in [1.54, 1.807) is 17.9 Å². The molecule has 3 aromatic rings. The van der Waals surface area contributed by atoms with Gasteiger partial charge in [0.1, 0.15) is 5.52 Å². The molecule has 162 valence electrons. The second kappa shape index (κ2) is 9.70. The van der Waals surface area contributed by atoms with Crippen molar-refractivity contribution in [1.29, 1.82) is 0 Å². The van der Waals surface area contributed by atoms with Crippen molar-refractivity contribution in [3.63, 3.8) is 0 Å². The van der Waals surface area contributed by atoms with Crippen LogP contribution in [-0.2, 0) is 16.1 Å². The highest BCUT2D eigenvalue weighted by atomic mass is 16.5. The maximum atomic E-state index is 13.5. The van der Waals surface area contributed by atoms with Gasteiger partial charge in [-0.15, -0.1) is 0 Å². The average molecular weight is 422 g/mol. The molecule has 31 heavy (non-hydrogen) atoms. The third-order valence-electron chi connectivity index (χ3n) is 5.57. The Morgan fingerprint density at radius 1 is 1.23 bits per heavy atom. The maximum absolute atomic E-state index is 13.5. The number of rotatable bonds is 7. The lowest BCUT2D eigenvalue weighted by Gasteiger charge is -2.32. The number of anilines is 1. The predicted molar refractivity (Wildman–Crippen MR) is 119 cm³/mol. The van der Waals surface area contributed by atoms with Gasteiger partial charge in [-0.3, -0.25) is 14.2 Å². The highest BCUT2D eigenvalue weighted by Gasteiger charge is 2.28. The van der Waals surface area contributed by atoms with Gasteiger partial charge in [0, 0.05) is 32.9 Å². The molecule has 4 rings (SSSR count). The van der Waals surface area contributed by atoms with Crippen LogP contribution in [0.3, 0.4) is 0 Å². The molecule has 0 spiro atoms. The molecule has 0 bridgehead atoms. The topological polar surface area (TPSA) is 89.3 Å². The number of carbonyl (C=O) groups is 1. The van der Waals surface area contributed by atoms with Crippen LogP contribution >= 0.6 is 0 Å². The van der Waals surface area contributed by atoms with Crippen molar-refractivity contribution in [3.8, 4) is 0 Å². The van der Waals surface area contributed by atoms with Crippen LogP contribution in [0, 0.1) is 5.92 Å². The zero-order valence-corrected chi connectivity index (χ0v) is 17.7. The summed E-state index contributed by atoms with van der Waals surface area (Å²) < 4.78 is 6.68. The molecule has 0 saturated carbocycles. The number of nitrogens with one attached hydrogen (secondary N) is 1. The largest absolute Gasteiger partial charge is 0.383 e. The first kappa shape index (κ1) is 21.0. The SMILES string of the molecule is COCCNC(=O)C1CCCN(c2nc3cccnc3n(Cc3ccccc3)c2=O)C1. The van der Waals surface area contributed by atoms with Crippen molar-refractivity contribution >= 4 is 22.9 Å². The Hall–Kier alpha value is -3.26. The average Bonchev–Trinajstić information content (AvgIpc) is 2.81. The summed E-state index contributed by atoms with van der Waals surface area (Å²) >= 11 is 0. The number of aromatic nitrogens is 3. The van der Waals surface area contributed by atoms with Gasteiger partial charge in [0.05, 0.1) is 19.1 Å². The second-order valence-electron chi connectivity index (χ2n) is 7.73. The lowest BCUT2D eigenvalue weighted by Crippen LogP contribution is -2.46. The third-order valence-corrected chi connectivity index (χ3v) is 5.57. The van der Waals surface area contributed by atoms with Crippen LogP contribution in [-0.4, -0.2) is 53.8 Å². The van der Waals surface area contributed by atoms with Crippen LogP contribution in [0.25, 0.3) is 11.2 Å². The summed E-state index contributed by atoms with van der Waals surface area (Å²) in [5.74, 6) is 0.193. The highest BCUT2D eigenvalue weighted by Crippen LogP contribution is 2.21. The Morgan fingerprint density at radius 3 is 2.87 bits per heavy atom. The fourth-order valence-electron chi connectivity index (χ4n) is 3.99. The van der Waals surface area contributed by atoms with E-state index >= 15 is 0 Å². The van der Waals surface area contributed by atoms with Crippen molar-refractivity contribution in [2.75, 3.05) is 38.3 Å². The number of amides is 1. The number of hydrogen-bond donors (Lipinski definition) is 1. The second-order valence-corrected chi connectivity index (χ2v) is 7.73. The Balaban J connectivity index is 1.65. The Kier molecular flexibility index (Phi) is 6.57. The molecule has 0 aliphatic carbocycles. The van der Waals surface area contributed by atoms with Crippen LogP contribution in [0.5, 0.6) is 0 Å². The van der Waals surface area contributed by atoms with Crippen molar-refractivity contribution in [2.45, 2.75) is 19.4 Å². The van der Waals surface area contributed by atoms with Gasteiger partial charge in [-0.2, -0.15) is 0 Å². The van der Waals surface area contributed by atoms with E-state index in [4.69, 9.17) is 4.74 Å². The molecule has 2 aromatic heterocycles. The molecule has 1 aromatic carbocycles. The fourth-order valence-corrected chi connectivity index (χ4v) is 3.99. The molecule has 1 aliphatic rings. The molecule has 0 radical (unpaired) electrons. The summed E-state index contributed by atoms with van der Waals surface area (Å²) in [5.41, 5.74) is 2.06. The van der Waals surface area contributed by atoms with Crippen molar-refractivity contribution < 1.29 is 9.53 Å². The van der Waals surface area contributed by atoms with Crippen molar-refractivity contribution in [2.24, 2.45) is 5.92 Å². The lowest BCUT2D eigenvalue weighted by molar-refractivity contribution is -0.125. The van der Waals surface area contributed by atoms with Crippen LogP contribution in [0.1, 0.15) is 18.4 Å². The van der Waals surface area contributed by atoms with E-state index in [9.17, 15) is 9.59 Å². The van der Waals surface area contributed by atoms with E-state index in [1.807, 2.05) is 47.4 Å². The number of carbonyl (C=O) groups excluding carboxylic acids is 1. The molecule has 1 atom stereocenters. The molecule has 8 heteroatoms. The van der Waals surface area contributed by atoms with Gasteiger partial charge >= 0.3 is 0 Å². The number of methoxy groups -OCH3 is 1. The van der Waals surface area contributed by atoms with Gasteiger partial charge in [0.15, 0.2) is 11.5 Å². The number of fused-ring (bicyclic) bond motifs is 1. The van der Waals surface area contributed by atoms with Crippen LogP contribution in [0.2, 0.25) is 0 Å². The minimum Gasteiger partial charge on any atom is -0.383 e. The summed E-state index contributed by atoms with van der Waals surface area (Å²) in [6.07, 6.45) is 3.29. The van der Waals surface area contributed by atoms with Gasteiger partial charge in [0.25, 0.3) is 5.56 Å². The first-order valence-electron chi connectivity index (χ1n) is 10.6. The molecule has 1 aliphatic heterocycles. The molecule has 1 saturated heterocycles. The Labute approximate surface area is 180 Å². The summed E-state index contributed by atoms with van der Waals surface area (Å²) in [5, 5.41) is 2.91. The minimum atomic E-state index is -0.185. The van der Waals surface area contributed by atoms with Crippen LogP contribution in [0.4, 0.5) is 5.82 Å². The number of piperidine rings is 1. The van der Waals surface area contributed by atoms with E-state index in [0.717, 1.165) is 18.4 Å². The summed E-state index contributed by atoms with van der Waals surface area (Å²) in [6, 6.07) is 13.5. The quantitative estimate of drug-likeness (QED) is 0.586. The number of ether oxygens (including phenoxy) is 1. The van der Waals surface area contributed by atoms with E-state index < -0.39 is 0 Å². The fraction of sp³-hybridized carbons (Fsp3) is 0.391. The standard InChI is InChI=1S/C23H27N5O3/c1-31-14-12-25-22(29)18-9-6-13-27(16-18)21-23(30)28(15-17-7-3-2-4-8-17)20-19(26-21)10-5-11-24-20/h2-5,7-8,10-11,18H,6,9,12-16H2,1H3,(H,25,29). The monoisotopic (exact) mass is 421 g/mol. The molecule has 3 heterocycles. The molecule has 1 fully saturated rings. The number of hydrogen-bond acceptors (Lipinski definition) is 6. The van der Waals surface area contributed by atoms with E-state index in [1.165, 1.54) is 0 Å². The molecule has 1 unspecified atom stereocenters. The van der Waals surface area contributed by atoms with Crippen LogP contribution in [0.15, 0.2) is 53.5 Å². The van der Waals surface area contributed by atoms with E-state index in [-0.39, 0.29) is 17.4 Å². The Bertz CT molecular complexity index is 1100. The molecule has 1 amide bonds. The molecular formula is C23H27N5O3. The van der Waals surface area contributed by atoms with Gasteiger partial charge in [-0.1, -0.05) is 30.3 Å². The zero-order valence-electron chi connectivity index (χ0n) is 17.7. The number of benzene rings is 1. The van der Waals surface area contributed by atoms with Gasteiger partial charge < -0.3 is 15.0 Å². The number of pyridine rings is 1. The van der Waals surface area contributed by atoms with Crippen molar-refractivity contribution in [1.82, 2.24) is 19.9 Å². The molecule has 1 N–H and O–H groups in total. The van der Waals surface area contributed by atoms with Crippen molar-refractivity contribution in [3.05, 3.63) is 64.6 Å². The van der Waals surface area contributed by atoms with E-state index in [2.05, 4.69) is 15.3 Å². The van der Waals surface area contributed by atoms with Crippen LogP contribution < -0.4 is 15.8 Å². The Morgan fingerprint density at radius 2 is 2.06 bits per heavy atom. The van der Waals surface area contributed by atoms with Gasteiger partial charge in [-0.05, 0) is 30.5 Å². The summed E-state index contributed by atoms with van der Waals surface area (Å²) in [7, 11) is 1.61. The lowest BCUT2D eigenvalue weighted by atomic mass is 9.97. The van der Waals surface area contributed by atoms with E-state index in [0.29, 0.717) is 49.8 Å². The third kappa shape index (κ3) is 4.74. The summed E-state index contributed by atoms with van der Waals surface area (Å²) in [4.78, 5) is 37.0. The maximum Gasteiger partial charge on any atom is 0.295 e. The predicted octanol–water partition coefficient (Wildman–Crippen LogP) is 1.82. The first-order valence-corrected chi connectivity index (χ1v) is 10.6. The van der Waals surface area contributed by atoms with Gasteiger partial charge in [0.2, 0.25) is 5.91 Å². The number of nitrogens with zero attached hydrogens (tertiary/aromatic N) is 4. The van der Waals surface area contributed by atoms with Gasteiger partial charge in [-0.25, -0.2) is 9.97 Å². The molecule has 8 nitrogen and oxygen atoms in total.